The van der Waals surface area contributed by atoms with Crippen molar-refractivity contribution < 1.29 is 14.9 Å². The van der Waals surface area contributed by atoms with Gasteiger partial charge in [-0.25, -0.2) is 4.89 Å². The summed E-state index contributed by atoms with van der Waals surface area (Å²) >= 11 is 0. The highest BCUT2D eigenvalue weighted by Gasteiger charge is 2.12. The smallest absolute Gasteiger partial charge is 0.152 e. The summed E-state index contributed by atoms with van der Waals surface area (Å²) < 4.78 is 0. The van der Waals surface area contributed by atoms with Gasteiger partial charge in [0.2, 0.25) is 0 Å². The average molecular weight is 144 g/mol. The molecule has 0 rings (SSSR count). The molecule has 0 aromatic heterocycles. The van der Waals surface area contributed by atoms with Crippen LogP contribution in [0.4, 0.5) is 0 Å². The second-order valence-electron chi connectivity index (χ2n) is 2.64. The van der Waals surface area contributed by atoms with E-state index in [2.05, 4.69) is 4.89 Å². The third kappa shape index (κ3) is 4.23. The van der Waals surface area contributed by atoms with E-state index in [1.807, 2.05) is 0 Å². The van der Waals surface area contributed by atoms with Crippen LogP contribution < -0.4 is 0 Å². The fourth-order valence-electron chi connectivity index (χ4n) is 0.348. The molecule has 1 N–H and O–H groups in total. The molecule has 0 aromatic carbocycles. The Morgan fingerprint density at radius 3 is 2.40 bits per heavy atom. The first kappa shape index (κ1) is 9.33. The van der Waals surface area contributed by atoms with E-state index in [4.69, 9.17) is 5.26 Å². The molecule has 10 heavy (non-hydrogen) atoms. The molecule has 0 aliphatic heterocycles. The Morgan fingerprint density at radius 1 is 1.60 bits per heavy atom. The van der Waals surface area contributed by atoms with Crippen molar-refractivity contribution in [3.8, 4) is 0 Å². The molecule has 0 aliphatic carbocycles. The van der Waals surface area contributed by atoms with E-state index in [-0.39, 0.29) is 5.78 Å². The quantitative estimate of drug-likeness (QED) is 0.370. The van der Waals surface area contributed by atoms with E-state index in [1.165, 1.54) is 19.1 Å². The van der Waals surface area contributed by atoms with E-state index in [0.717, 1.165) is 0 Å². The first-order valence-electron chi connectivity index (χ1n) is 3.00. The van der Waals surface area contributed by atoms with E-state index in [9.17, 15) is 4.79 Å². The lowest BCUT2D eigenvalue weighted by Gasteiger charge is -2.13. The lowest BCUT2D eigenvalue weighted by atomic mass is 10.1. The van der Waals surface area contributed by atoms with E-state index in [0.29, 0.717) is 0 Å². The van der Waals surface area contributed by atoms with Crippen molar-refractivity contribution in [3.63, 3.8) is 0 Å². The lowest BCUT2D eigenvalue weighted by Crippen LogP contribution is -2.19. The van der Waals surface area contributed by atoms with Crippen LogP contribution in [-0.4, -0.2) is 16.6 Å². The highest BCUT2D eigenvalue weighted by atomic mass is 17.1. The Hall–Kier alpha value is -0.670. The van der Waals surface area contributed by atoms with Gasteiger partial charge in [0.25, 0.3) is 0 Å². The van der Waals surface area contributed by atoms with Gasteiger partial charge in [0, 0.05) is 0 Å². The minimum absolute atomic E-state index is 0.0647. The molecule has 0 unspecified atom stereocenters. The zero-order valence-corrected chi connectivity index (χ0v) is 6.42. The van der Waals surface area contributed by atoms with Crippen molar-refractivity contribution >= 4 is 5.78 Å². The molecule has 0 radical (unpaired) electrons. The van der Waals surface area contributed by atoms with Crippen LogP contribution >= 0.6 is 0 Å². The predicted octanol–water partition coefficient (Wildman–Crippen LogP) is 1.40. The molecule has 58 valence electrons. The third-order valence-electron chi connectivity index (χ3n) is 0.955. The first-order valence-corrected chi connectivity index (χ1v) is 3.00. The Balaban J connectivity index is 3.99. The molecule has 0 spiro atoms. The van der Waals surface area contributed by atoms with Gasteiger partial charge in [0.15, 0.2) is 5.78 Å². The SMILES string of the molecule is CC(=O)C=CC(C)(C)OO. The summed E-state index contributed by atoms with van der Waals surface area (Å²) in [4.78, 5) is 14.4. The Labute approximate surface area is 60.2 Å². The predicted molar refractivity (Wildman–Crippen MR) is 37.6 cm³/mol. The van der Waals surface area contributed by atoms with Crippen LogP contribution in [0.25, 0.3) is 0 Å². The monoisotopic (exact) mass is 144 g/mol. The van der Waals surface area contributed by atoms with Gasteiger partial charge in [0.05, 0.1) is 0 Å². The zero-order valence-electron chi connectivity index (χ0n) is 6.42. The molecular formula is C7H12O3. The molecule has 0 saturated heterocycles. The second kappa shape index (κ2) is 3.49. The van der Waals surface area contributed by atoms with Gasteiger partial charge in [-0.05, 0) is 32.9 Å². The minimum Gasteiger partial charge on any atom is -0.295 e. The Kier molecular flexibility index (Phi) is 3.25. The molecule has 0 aliphatic rings. The molecule has 0 amide bonds. The van der Waals surface area contributed by atoms with Crippen LogP contribution in [0.1, 0.15) is 20.8 Å². The second-order valence-corrected chi connectivity index (χ2v) is 2.64. The van der Waals surface area contributed by atoms with Crippen LogP contribution in [0.2, 0.25) is 0 Å². The maximum Gasteiger partial charge on any atom is 0.152 e. The van der Waals surface area contributed by atoms with Gasteiger partial charge in [-0.2, -0.15) is 0 Å². The summed E-state index contributed by atoms with van der Waals surface area (Å²) in [6, 6.07) is 0. The normalized spacial score (nSPS) is 12.4. The van der Waals surface area contributed by atoms with Crippen molar-refractivity contribution in [2.24, 2.45) is 0 Å². The fraction of sp³-hybridized carbons (Fsp3) is 0.571. The summed E-state index contributed by atoms with van der Waals surface area (Å²) in [6.07, 6.45) is 2.85. The van der Waals surface area contributed by atoms with E-state index < -0.39 is 5.60 Å². The molecular weight excluding hydrogens is 132 g/mol. The topological polar surface area (TPSA) is 46.5 Å². The van der Waals surface area contributed by atoms with Crippen molar-refractivity contribution in [2.45, 2.75) is 26.4 Å². The first-order chi connectivity index (χ1) is 4.48. The number of allylic oxidation sites excluding steroid dienone is 1. The van der Waals surface area contributed by atoms with Crippen molar-refractivity contribution in [1.82, 2.24) is 0 Å². The summed E-state index contributed by atoms with van der Waals surface area (Å²) in [6.45, 7) is 4.73. The highest BCUT2D eigenvalue weighted by molar-refractivity contribution is 5.87. The molecule has 0 atom stereocenters. The number of hydrogen-bond acceptors (Lipinski definition) is 3. The summed E-state index contributed by atoms with van der Waals surface area (Å²) in [5, 5.41) is 8.24. The number of ketones is 1. The van der Waals surface area contributed by atoms with Crippen molar-refractivity contribution in [2.75, 3.05) is 0 Å². The number of rotatable bonds is 3. The van der Waals surface area contributed by atoms with Crippen molar-refractivity contribution in [3.05, 3.63) is 12.2 Å². The van der Waals surface area contributed by atoms with Gasteiger partial charge in [0.1, 0.15) is 5.60 Å². The largest absolute Gasteiger partial charge is 0.295 e. The van der Waals surface area contributed by atoms with Gasteiger partial charge in [-0.3, -0.25) is 10.1 Å². The van der Waals surface area contributed by atoms with Gasteiger partial charge in [-0.15, -0.1) is 0 Å². The van der Waals surface area contributed by atoms with Crippen LogP contribution in [0.5, 0.6) is 0 Å². The summed E-state index contributed by atoms with van der Waals surface area (Å²) in [5.74, 6) is -0.0647. The van der Waals surface area contributed by atoms with E-state index >= 15 is 0 Å². The minimum atomic E-state index is -0.772. The molecule has 0 aromatic rings. The Bertz CT molecular complexity index is 147. The van der Waals surface area contributed by atoms with Crippen molar-refractivity contribution in [1.29, 1.82) is 0 Å². The molecule has 0 heterocycles. The molecule has 0 saturated carbocycles. The molecule has 3 heteroatoms. The Morgan fingerprint density at radius 2 is 2.10 bits per heavy atom. The highest BCUT2D eigenvalue weighted by Crippen LogP contribution is 2.07. The average Bonchev–Trinajstić information content (AvgIpc) is 1.85. The summed E-state index contributed by atoms with van der Waals surface area (Å²) in [7, 11) is 0. The summed E-state index contributed by atoms with van der Waals surface area (Å²) in [5.41, 5.74) is -0.772. The number of hydrogen-bond donors (Lipinski definition) is 1. The molecule has 0 bridgehead atoms. The van der Waals surface area contributed by atoms with E-state index in [1.54, 1.807) is 13.8 Å². The third-order valence-corrected chi connectivity index (χ3v) is 0.955. The molecule has 3 nitrogen and oxygen atoms in total. The maximum atomic E-state index is 10.4. The standard InChI is InChI=1S/C7H12O3/c1-6(8)4-5-7(2,3)10-9/h4-5,9H,1-3H3. The van der Waals surface area contributed by atoms with Crippen LogP contribution in [0, 0.1) is 0 Å². The lowest BCUT2D eigenvalue weighted by molar-refractivity contribution is -0.297. The van der Waals surface area contributed by atoms with Crippen LogP contribution in [0.3, 0.4) is 0 Å². The van der Waals surface area contributed by atoms with Gasteiger partial charge in [-0.1, -0.05) is 0 Å². The number of carbonyl (C=O) groups is 1. The van der Waals surface area contributed by atoms with Crippen LogP contribution in [0.15, 0.2) is 12.2 Å². The fourth-order valence-corrected chi connectivity index (χ4v) is 0.348. The van der Waals surface area contributed by atoms with Gasteiger partial charge >= 0.3 is 0 Å². The van der Waals surface area contributed by atoms with Crippen LogP contribution in [-0.2, 0) is 9.68 Å². The zero-order chi connectivity index (χ0) is 8.20. The van der Waals surface area contributed by atoms with Gasteiger partial charge < -0.3 is 0 Å². The molecule has 0 fully saturated rings. The maximum absolute atomic E-state index is 10.4. The number of carbonyl (C=O) groups excluding carboxylic acids is 1.